The van der Waals surface area contributed by atoms with E-state index in [2.05, 4.69) is 15.3 Å². The minimum absolute atomic E-state index is 0.00323. The number of carbonyl (C=O) groups excluding carboxylic acids is 1. The number of anilines is 1. The van der Waals surface area contributed by atoms with E-state index in [9.17, 15) is 9.59 Å². The number of aromatic nitrogens is 2. The van der Waals surface area contributed by atoms with Crippen LogP contribution < -0.4 is 15.8 Å². The highest BCUT2D eigenvalue weighted by atomic mass is 32.1. The molecule has 1 unspecified atom stereocenters. The van der Waals surface area contributed by atoms with Crippen molar-refractivity contribution in [1.29, 1.82) is 0 Å². The highest BCUT2D eigenvalue weighted by molar-refractivity contribution is 7.22. The molecule has 1 saturated heterocycles. The molecule has 2 N–H and O–H groups in total. The predicted octanol–water partition coefficient (Wildman–Crippen LogP) is 3.30. The topological polar surface area (TPSA) is 87.3 Å². The number of rotatable bonds is 7. The SMILES string of the molecule is CCOC1(c2cc3sc(N4CCCC4C(=O)NCc4ccccc4)nc3c(=O)[nH]2)CC1. The van der Waals surface area contributed by atoms with Crippen LogP contribution in [0.1, 0.15) is 43.9 Å². The molecule has 1 aliphatic carbocycles. The van der Waals surface area contributed by atoms with Gasteiger partial charge in [-0.3, -0.25) is 9.59 Å². The minimum Gasteiger partial charge on any atom is -0.369 e. The molecule has 162 valence electrons. The van der Waals surface area contributed by atoms with Gasteiger partial charge in [0.05, 0.1) is 10.4 Å². The number of hydrogen-bond acceptors (Lipinski definition) is 6. The van der Waals surface area contributed by atoms with Gasteiger partial charge in [0.25, 0.3) is 5.56 Å². The van der Waals surface area contributed by atoms with E-state index < -0.39 is 0 Å². The van der Waals surface area contributed by atoms with Crippen LogP contribution >= 0.6 is 11.3 Å². The summed E-state index contributed by atoms with van der Waals surface area (Å²) in [6.07, 6.45) is 3.55. The number of amides is 1. The maximum Gasteiger partial charge on any atom is 0.275 e. The molecule has 2 aromatic heterocycles. The lowest BCUT2D eigenvalue weighted by Gasteiger charge is -2.23. The van der Waals surface area contributed by atoms with Gasteiger partial charge in [-0.25, -0.2) is 4.98 Å². The molecule has 8 heteroatoms. The number of hydrogen-bond donors (Lipinski definition) is 2. The lowest BCUT2D eigenvalue weighted by molar-refractivity contribution is -0.122. The summed E-state index contributed by atoms with van der Waals surface area (Å²) in [6.45, 7) is 3.85. The maximum atomic E-state index is 12.9. The fraction of sp³-hybridized carbons (Fsp3) is 0.435. The summed E-state index contributed by atoms with van der Waals surface area (Å²) < 4.78 is 6.74. The first kappa shape index (κ1) is 20.2. The first-order valence-corrected chi connectivity index (χ1v) is 11.7. The molecule has 1 saturated carbocycles. The molecule has 0 bridgehead atoms. The number of fused-ring (bicyclic) bond motifs is 1. The normalized spacial score (nSPS) is 19.6. The number of aromatic amines is 1. The third-order valence-electron chi connectivity index (χ3n) is 6.11. The van der Waals surface area contributed by atoms with Crippen molar-refractivity contribution in [2.75, 3.05) is 18.1 Å². The second-order valence-electron chi connectivity index (χ2n) is 8.20. The second kappa shape index (κ2) is 8.09. The molecule has 3 aromatic rings. The average molecular weight is 439 g/mol. The van der Waals surface area contributed by atoms with Crippen molar-refractivity contribution in [1.82, 2.24) is 15.3 Å². The first-order valence-electron chi connectivity index (χ1n) is 10.9. The van der Waals surface area contributed by atoms with Gasteiger partial charge >= 0.3 is 0 Å². The Morgan fingerprint density at radius 2 is 2.16 bits per heavy atom. The van der Waals surface area contributed by atoms with Crippen LogP contribution in [0, 0.1) is 0 Å². The number of ether oxygens (including phenoxy) is 1. The molecule has 3 heterocycles. The van der Waals surface area contributed by atoms with Crippen molar-refractivity contribution >= 4 is 32.6 Å². The molecule has 7 nitrogen and oxygen atoms in total. The van der Waals surface area contributed by atoms with Gasteiger partial charge in [0.15, 0.2) is 5.13 Å². The van der Waals surface area contributed by atoms with Crippen molar-refractivity contribution in [2.24, 2.45) is 0 Å². The Bertz CT molecular complexity index is 1150. The molecule has 0 radical (unpaired) electrons. The molecule has 31 heavy (non-hydrogen) atoms. The van der Waals surface area contributed by atoms with Crippen LogP contribution in [-0.4, -0.2) is 35.1 Å². The third kappa shape index (κ3) is 3.85. The summed E-state index contributed by atoms with van der Waals surface area (Å²) in [5, 5.41) is 3.78. The Labute approximate surface area is 184 Å². The van der Waals surface area contributed by atoms with Crippen LogP contribution in [0.2, 0.25) is 0 Å². The number of thiazole rings is 1. The second-order valence-corrected chi connectivity index (χ2v) is 9.21. The molecular weight excluding hydrogens is 412 g/mol. The van der Waals surface area contributed by atoms with Crippen LogP contribution in [0.15, 0.2) is 41.2 Å². The van der Waals surface area contributed by atoms with Gasteiger partial charge in [-0.15, -0.1) is 0 Å². The van der Waals surface area contributed by atoms with E-state index in [0.717, 1.165) is 53.3 Å². The van der Waals surface area contributed by atoms with Gasteiger partial charge in [0.2, 0.25) is 5.91 Å². The number of pyridine rings is 1. The zero-order valence-corrected chi connectivity index (χ0v) is 18.3. The van der Waals surface area contributed by atoms with Gasteiger partial charge in [0, 0.05) is 19.7 Å². The zero-order chi connectivity index (χ0) is 21.4. The molecule has 1 amide bonds. The number of H-pyrrole nitrogens is 1. The van der Waals surface area contributed by atoms with Crippen LogP contribution in [0.3, 0.4) is 0 Å². The van der Waals surface area contributed by atoms with Gasteiger partial charge in [-0.1, -0.05) is 41.7 Å². The van der Waals surface area contributed by atoms with E-state index in [0.29, 0.717) is 18.7 Å². The average Bonchev–Trinajstić information content (AvgIpc) is 3.21. The first-order chi connectivity index (χ1) is 15.1. The van der Waals surface area contributed by atoms with E-state index >= 15 is 0 Å². The van der Waals surface area contributed by atoms with Crippen molar-refractivity contribution in [3.05, 3.63) is 58.0 Å². The van der Waals surface area contributed by atoms with Gasteiger partial charge in [0.1, 0.15) is 17.2 Å². The predicted molar refractivity (Wildman–Crippen MR) is 121 cm³/mol. The Morgan fingerprint density at radius 1 is 1.35 bits per heavy atom. The number of nitrogens with one attached hydrogen (secondary N) is 2. The largest absolute Gasteiger partial charge is 0.369 e. The van der Waals surface area contributed by atoms with Gasteiger partial charge in [-0.2, -0.15) is 0 Å². The highest BCUT2D eigenvalue weighted by Crippen LogP contribution is 2.48. The zero-order valence-electron chi connectivity index (χ0n) is 17.5. The highest BCUT2D eigenvalue weighted by Gasteiger charge is 2.46. The van der Waals surface area contributed by atoms with Crippen molar-refractivity contribution in [3.8, 4) is 0 Å². The molecule has 1 atom stereocenters. The standard InChI is InChI=1S/C23H26N4O3S/c1-2-30-23(10-11-23)18-13-17-19(21(29)25-18)26-22(31-17)27-12-6-9-16(27)20(28)24-14-15-7-4-3-5-8-15/h3-5,7-8,13,16H,2,6,9-12,14H2,1H3,(H,24,28)(H,25,29). The van der Waals surface area contributed by atoms with Crippen LogP contribution in [0.5, 0.6) is 0 Å². The Balaban J connectivity index is 1.37. The van der Waals surface area contributed by atoms with E-state index in [-0.39, 0.29) is 23.1 Å². The van der Waals surface area contributed by atoms with E-state index in [1.54, 1.807) is 0 Å². The summed E-state index contributed by atoms with van der Waals surface area (Å²) in [4.78, 5) is 35.2. The monoisotopic (exact) mass is 438 g/mol. The summed E-state index contributed by atoms with van der Waals surface area (Å²) >= 11 is 1.48. The third-order valence-corrected chi connectivity index (χ3v) is 7.15. The molecule has 2 aliphatic rings. The fourth-order valence-corrected chi connectivity index (χ4v) is 5.43. The lowest BCUT2D eigenvalue weighted by Crippen LogP contribution is -2.43. The Kier molecular flexibility index (Phi) is 5.27. The van der Waals surface area contributed by atoms with Crippen LogP contribution in [0.25, 0.3) is 10.2 Å². The van der Waals surface area contributed by atoms with Crippen molar-refractivity contribution in [2.45, 2.75) is 50.8 Å². The lowest BCUT2D eigenvalue weighted by atomic mass is 10.2. The Hall–Kier alpha value is -2.71. The van der Waals surface area contributed by atoms with Crippen molar-refractivity contribution < 1.29 is 9.53 Å². The summed E-state index contributed by atoms with van der Waals surface area (Å²) in [7, 11) is 0. The smallest absolute Gasteiger partial charge is 0.275 e. The summed E-state index contributed by atoms with van der Waals surface area (Å²) in [5.74, 6) is 0.00323. The molecule has 1 aromatic carbocycles. The fourth-order valence-electron chi connectivity index (χ4n) is 4.35. The minimum atomic E-state index is -0.347. The van der Waals surface area contributed by atoms with Crippen molar-refractivity contribution in [3.63, 3.8) is 0 Å². The molecule has 0 spiro atoms. The summed E-state index contributed by atoms with van der Waals surface area (Å²) in [5.41, 5.74) is 1.81. The molecule has 1 aliphatic heterocycles. The van der Waals surface area contributed by atoms with Crippen LogP contribution in [0.4, 0.5) is 5.13 Å². The molecule has 5 rings (SSSR count). The van der Waals surface area contributed by atoms with E-state index in [4.69, 9.17) is 4.74 Å². The van der Waals surface area contributed by atoms with E-state index in [1.165, 1.54) is 11.3 Å². The molecule has 2 fully saturated rings. The number of benzene rings is 1. The van der Waals surface area contributed by atoms with E-state index in [1.807, 2.05) is 48.2 Å². The number of nitrogens with zero attached hydrogens (tertiary/aromatic N) is 2. The quantitative estimate of drug-likeness (QED) is 0.591. The number of carbonyl (C=O) groups is 1. The van der Waals surface area contributed by atoms with Gasteiger partial charge < -0.3 is 19.9 Å². The summed E-state index contributed by atoms with van der Waals surface area (Å²) in [6, 6.07) is 11.6. The van der Waals surface area contributed by atoms with Crippen LogP contribution in [-0.2, 0) is 21.7 Å². The van der Waals surface area contributed by atoms with Gasteiger partial charge in [-0.05, 0) is 44.2 Å². The maximum absolute atomic E-state index is 12.9. The molecular formula is C23H26N4O3S. The Morgan fingerprint density at radius 3 is 2.90 bits per heavy atom.